The topological polar surface area (TPSA) is 73.8 Å². The van der Waals surface area contributed by atoms with E-state index in [1.54, 1.807) is 17.4 Å². The van der Waals surface area contributed by atoms with Crippen LogP contribution in [0.15, 0.2) is 87.9 Å². The van der Waals surface area contributed by atoms with E-state index in [1.165, 1.54) is 32.8 Å². The largest absolute Gasteiger partial charge is 0.342 e. The summed E-state index contributed by atoms with van der Waals surface area (Å²) >= 11 is 3.02. The van der Waals surface area contributed by atoms with Crippen LogP contribution in [0.25, 0.3) is 17.0 Å². The Balaban J connectivity index is 1.34. The fraction of sp³-hybridized carbons (Fsp3) is 0.111. The van der Waals surface area contributed by atoms with Gasteiger partial charge in [0.15, 0.2) is 5.84 Å². The number of carbonyl (C=O) groups is 1. The minimum atomic E-state index is -0.406. The van der Waals surface area contributed by atoms with E-state index in [0.29, 0.717) is 11.6 Å². The molecule has 2 aliphatic heterocycles. The second-order valence-electron chi connectivity index (χ2n) is 8.48. The van der Waals surface area contributed by atoms with Crippen molar-refractivity contribution in [3.63, 3.8) is 0 Å². The van der Waals surface area contributed by atoms with Gasteiger partial charge in [-0.25, -0.2) is 0 Å². The summed E-state index contributed by atoms with van der Waals surface area (Å²) in [6.07, 6.45) is 4.49. The predicted octanol–water partition coefficient (Wildman–Crippen LogP) is 5.92. The highest BCUT2D eigenvalue weighted by molar-refractivity contribution is 8.27. The van der Waals surface area contributed by atoms with Crippen molar-refractivity contribution in [2.24, 2.45) is 10.1 Å². The molecular weight excluding hydrogens is 474 g/mol. The monoisotopic (exact) mass is 495 g/mol. The first-order valence-corrected chi connectivity index (χ1v) is 12.9. The van der Waals surface area contributed by atoms with E-state index in [9.17, 15) is 4.79 Å². The van der Waals surface area contributed by atoms with Crippen LogP contribution in [0.4, 0.5) is 0 Å². The number of hydrazone groups is 1. The van der Waals surface area contributed by atoms with Gasteiger partial charge < -0.3 is 4.57 Å². The average molecular weight is 496 g/mol. The van der Waals surface area contributed by atoms with Gasteiger partial charge in [0.05, 0.1) is 5.57 Å². The lowest BCUT2D eigenvalue weighted by Crippen LogP contribution is -2.35. The number of amidine groups is 2. The number of aliphatic imine (C=N–C) groups is 1. The van der Waals surface area contributed by atoms with Gasteiger partial charge >= 0.3 is 0 Å². The molecule has 2 aromatic heterocycles. The number of aromatic nitrogens is 1. The highest BCUT2D eigenvalue weighted by Gasteiger charge is 2.35. The van der Waals surface area contributed by atoms with E-state index in [-0.39, 0.29) is 11.4 Å². The number of fused-ring (bicyclic) bond motifs is 2. The molecule has 0 saturated heterocycles. The highest BCUT2D eigenvalue weighted by Crippen LogP contribution is 2.31. The SMILES string of the molecule is Cc1ccc(Cn2cc(C=C3C(=N)N4N=C(Cc5cccs5)SC4=NC3=O)c3ccccc32)cc1. The van der Waals surface area contributed by atoms with E-state index in [0.717, 1.165) is 28.1 Å². The molecule has 4 heterocycles. The van der Waals surface area contributed by atoms with Crippen LogP contribution in [-0.4, -0.2) is 31.5 Å². The number of amides is 1. The molecule has 1 amide bonds. The van der Waals surface area contributed by atoms with Gasteiger partial charge in [0.1, 0.15) is 5.04 Å². The lowest BCUT2D eigenvalue weighted by Gasteiger charge is -2.20. The summed E-state index contributed by atoms with van der Waals surface area (Å²) in [7, 11) is 0. The van der Waals surface area contributed by atoms with Gasteiger partial charge in [0.25, 0.3) is 5.91 Å². The van der Waals surface area contributed by atoms with Crippen LogP contribution in [0.5, 0.6) is 0 Å². The van der Waals surface area contributed by atoms with Crippen LogP contribution in [0.1, 0.15) is 21.6 Å². The summed E-state index contributed by atoms with van der Waals surface area (Å²) in [6, 6.07) is 20.7. The number of hydrogen-bond acceptors (Lipinski definition) is 5. The fourth-order valence-electron chi connectivity index (χ4n) is 4.23. The maximum atomic E-state index is 12.9. The maximum Gasteiger partial charge on any atom is 0.283 e. The first-order chi connectivity index (χ1) is 17.0. The minimum absolute atomic E-state index is 0.0593. The summed E-state index contributed by atoms with van der Waals surface area (Å²) in [5, 5.41) is 19.1. The molecule has 8 heteroatoms. The zero-order chi connectivity index (χ0) is 23.9. The molecule has 6 rings (SSSR count). The number of aryl methyl sites for hydroxylation is 1. The van der Waals surface area contributed by atoms with Gasteiger partial charge in [-0.15, -0.1) is 11.3 Å². The molecule has 35 heavy (non-hydrogen) atoms. The van der Waals surface area contributed by atoms with Crippen molar-refractivity contribution in [3.05, 3.63) is 99.4 Å². The predicted molar refractivity (Wildman–Crippen MR) is 145 cm³/mol. The van der Waals surface area contributed by atoms with Crippen LogP contribution in [0.3, 0.4) is 0 Å². The van der Waals surface area contributed by atoms with Crippen molar-refractivity contribution in [1.29, 1.82) is 5.41 Å². The standard InChI is InChI=1S/C27H21N5OS2/c1-17-8-10-18(11-9-17)15-31-16-19(21-6-2-3-7-23(21)31)13-22-25(28)32-27(29-26(22)33)35-24(30-32)14-20-5-4-12-34-20/h2-13,16,28H,14-15H2,1H3. The number of benzene rings is 2. The Morgan fingerprint density at radius 1 is 1.06 bits per heavy atom. The third kappa shape index (κ3) is 4.15. The van der Waals surface area contributed by atoms with Crippen LogP contribution in [-0.2, 0) is 17.8 Å². The third-order valence-corrected chi connectivity index (χ3v) is 7.78. The minimum Gasteiger partial charge on any atom is -0.342 e. The van der Waals surface area contributed by atoms with Crippen LogP contribution < -0.4 is 0 Å². The second-order valence-corrected chi connectivity index (χ2v) is 10.6. The summed E-state index contributed by atoms with van der Waals surface area (Å²) < 4.78 is 2.18. The number of thioether (sulfide) groups is 1. The van der Waals surface area contributed by atoms with E-state index in [4.69, 9.17) is 5.41 Å². The first kappa shape index (κ1) is 21.8. The summed E-state index contributed by atoms with van der Waals surface area (Å²) in [4.78, 5) is 18.4. The number of carbonyl (C=O) groups excluding carboxylic acids is 1. The highest BCUT2D eigenvalue weighted by atomic mass is 32.2. The number of thiophene rings is 1. The van der Waals surface area contributed by atoms with Crippen molar-refractivity contribution in [2.45, 2.75) is 19.9 Å². The van der Waals surface area contributed by atoms with Crippen molar-refractivity contribution < 1.29 is 4.79 Å². The van der Waals surface area contributed by atoms with Gasteiger partial charge in [-0.1, -0.05) is 54.1 Å². The summed E-state index contributed by atoms with van der Waals surface area (Å²) in [5.74, 6) is -0.347. The van der Waals surface area contributed by atoms with Gasteiger partial charge in [0.2, 0.25) is 5.17 Å². The van der Waals surface area contributed by atoms with Crippen LogP contribution >= 0.6 is 23.1 Å². The fourth-order valence-corrected chi connectivity index (χ4v) is 5.94. The zero-order valence-corrected chi connectivity index (χ0v) is 20.6. The third-order valence-electron chi connectivity index (χ3n) is 5.99. The number of hydrogen-bond donors (Lipinski definition) is 1. The van der Waals surface area contributed by atoms with Gasteiger partial charge in [0, 0.05) is 40.5 Å². The Hall–Kier alpha value is -3.75. The van der Waals surface area contributed by atoms with Crippen molar-refractivity contribution in [1.82, 2.24) is 9.58 Å². The number of nitrogens with zero attached hydrogens (tertiary/aromatic N) is 4. The van der Waals surface area contributed by atoms with Gasteiger partial charge in [-0.2, -0.15) is 15.1 Å². The average Bonchev–Trinajstić information content (AvgIpc) is 3.59. The molecule has 0 atom stereocenters. The number of rotatable bonds is 5. The molecule has 0 saturated carbocycles. The zero-order valence-electron chi connectivity index (χ0n) is 18.9. The number of para-hydroxylation sites is 1. The van der Waals surface area contributed by atoms with Crippen molar-refractivity contribution >= 4 is 62.0 Å². The molecule has 6 nitrogen and oxygen atoms in total. The molecule has 172 valence electrons. The Morgan fingerprint density at radius 2 is 1.89 bits per heavy atom. The van der Waals surface area contributed by atoms with Gasteiger partial charge in [-0.05, 0) is 47.8 Å². The van der Waals surface area contributed by atoms with E-state index >= 15 is 0 Å². The molecule has 0 spiro atoms. The van der Waals surface area contributed by atoms with Crippen molar-refractivity contribution in [2.75, 3.05) is 0 Å². The number of nitrogens with one attached hydrogen (secondary N) is 1. The molecule has 4 aromatic rings. The van der Waals surface area contributed by atoms with Gasteiger partial charge in [-0.3, -0.25) is 10.2 Å². The first-order valence-electron chi connectivity index (χ1n) is 11.2. The summed E-state index contributed by atoms with van der Waals surface area (Å²) in [6.45, 7) is 2.80. The van der Waals surface area contributed by atoms with Crippen molar-refractivity contribution in [3.8, 4) is 0 Å². The lowest BCUT2D eigenvalue weighted by molar-refractivity contribution is -0.114. The quantitative estimate of drug-likeness (QED) is 0.349. The molecule has 0 unspecified atom stereocenters. The van der Waals surface area contributed by atoms with Crippen LogP contribution in [0, 0.1) is 12.3 Å². The Labute approximate surface area is 210 Å². The molecule has 0 fully saturated rings. The second kappa shape index (κ2) is 8.79. The van der Waals surface area contributed by atoms with Crippen LogP contribution in [0.2, 0.25) is 0 Å². The van der Waals surface area contributed by atoms with E-state index in [2.05, 4.69) is 58.0 Å². The van der Waals surface area contributed by atoms with E-state index in [1.807, 2.05) is 35.8 Å². The molecular formula is C27H21N5OS2. The normalized spacial score (nSPS) is 16.7. The molecule has 2 aliphatic rings. The maximum absolute atomic E-state index is 12.9. The molecule has 0 radical (unpaired) electrons. The Morgan fingerprint density at radius 3 is 2.69 bits per heavy atom. The summed E-state index contributed by atoms with van der Waals surface area (Å²) in [5.41, 5.74) is 4.63. The molecule has 1 N–H and O–H groups in total. The molecule has 0 aliphatic carbocycles. The lowest BCUT2D eigenvalue weighted by atomic mass is 10.1. The molecule has 2 aromatic carbocycles. The molecule has 0 bridgehead atoms. The Kier molecular flexibility index (Phi) is 5.47. The van der Waals surface area contributed by atoms with E-state index < -0.39 is 5.91 Å². The smallest absolute Gasteiger partial charge is 0.283 e. The Bertz CT molecular complexity index is 1560.